The quantitative estimate of drug-likeness (QED) is 0.601. The van der Waals surface area contributed by atoms with Crippen LogP contribution >= 0.6 is 0 Å². The fourth-order valence-electron chi connectivity index (χ4n) is 2.06. The Morgan fingerprint density at radius 1 is 0.737 bits per heavy atom. The van der Waals surface area contributed by atoms with Gasteiger partial charge in [-0.2, -0.15) is 0 Å². The maximum Gasteiger partial charge on any atom is 0.134 e. The van der Waals surface area contributed by atoms with Crippen molar-refractivity contribution in [3.05, 3.63) is 95.9 Å². The van der Waals surface area contributed by atoms with E-state index >= 15 is 0 Å². The maximum atomic E-state index is 5.55. The van der Waals surface area contributed by atoms with Crippen LogP contribution in [0.5, 0.6) is 0 Å². The first-order valence-corrected chi connectivity index (χ1v) is 6.29. The van der Waals surface area contributed by atoms with Crippen LogP contribution in [0.3, 0.4) is 0 Å². The average molecular weight is 246 g/mol. The van der Waals surface area contributed by atoms with Crippen molar-refractivity contribution in [3.8, 4) is 0 Å². The Balaban J connectivity index is 2.10. The van der Waals surface area contributed by atoms with Gasteiger partial charge in [0.15, 0.2) is 0 Å². The summed E-state index contributed by atoms with van der Waals surface area (Å²) in [4.78, 5) is 0. The van der Waals surface area contributed by atoms with Crippen molar-refractivity contribution in [1.82, 2.24) is 0 Å². The number of hydrogen-bond acceptors (Lipinski definition) is 1. The Labute approximate surface area is 112 Å². The predicted molar refractivity (Wildman–Crippen MR) is 78.6 cm³/mol. The van der Waals surface area contributed by atoms with Gasteiger partial charge in [-0.15, -0.1) is 0 Å². The maximum absolute atomic E-state index is 5.55. The number of hydrogen-bond donors (Lipinski definition) is 0. The van der Waals surface area contributed by atoms with Crippen LogP contribution in [0, 0.1) is 0 Å². The minimum atomic E-state index is 0.884. The van der Waals surface area contributed by atoms with E-state index in [-0.39, 0.29) is 0 Å². The lowest BCUT2D eigenvalue weighted by Gasteiger charge is -2.05. The summed E-state index contributed by atoms with van der Waals surface area (Å²) in [6, 6.07) is 24.5. The number of rotatable bonds is 3. The van der Waals surface area contributed by atoms with E-state index in [0.717, 1.165) is 22.5 Å². The van der Waals surface area contributed by atoms with Crippen LogP contribution in [0.4, 0.5) is 0 Å². The molecule has 1 heterocycles. The molecule has 0 unspecified atom stereocenters. The highest BCUT2D eigenvalue weighted by Gasteiger charge is 2.07. The highest BCUT2D eigenvalue weighted by atomic mass is 16.3. The second-order valence-electron chi connectivity index (χ2n) is 4.31. The molecule has 0 saturated heterocycles. The van der Waals surface area contributed by atoms with E-state index in [1.54, 1.807) is 6.26 Å². The van der Waals surface area contributed by atoms with Gasteiger partial charge in [0.05, 0.1) is 6.26 Å². The van der Waals surface area contributed by atoms with Crippen molar-refractivity contribution < 1.29 is 4.42 Å². The van der Waals surface area contributed by atoms with Crippen molar-refractivity contribution >= 4 is 11.6 Å². The minimum Gasteiger partial charge on any atom is -0.464 e. The van der Waals surface area contributed by atoms with Gasteiger partial charge in [-0.3, -0.25) is 0 Å². The highest BCUT2D eigenvalue weighted by molar-refractivity contribution is 5.89. The lowest BCUT2D eigenvalue weighted by molar-refractivity contribution is 0.554. The molecule has 0 aliphatic rings. The molecule has 0 bridgehead atoms. The van der Waals surface area contributed by atoms with Crippen molar-refractivity contribution in [1.29, 1.82) is 0 Å². The van der Waals surface area contributed by atoms with Gasteiger partial charge in [-0.1, -0.05) is 60.7 Å². The SMILES string of the molecule is C(=C(\c1ccccc1)c1ccco1)/c1ccccc1. The van der Waals surface area contributed by atoms with Crippen molar-refractivity contribution in [2.75, 3.05) is 0 Å². The summed E-state index contributed by atoms with van der Waals surface area (Å²) < 4.78 is 5.55. The van der Waals surface area contributed by atoms with Crippen LogP contribution in [0.25, 0.3) is 11.6 Å². The third kappa shape index (κ3) is 2.66. The third-order valence-corrected chi connectivity index (χ3v) is 2.98. The summed E-state index contributed by atoms with van der Waals surface area (Å²) in [6.07, 6.45) is 3.85. The Hall–Kier alpha value is -2.54. The van der Waals surface area contributed by atoms with Gasteiger partial charge >= 0.3 is 0 Å². The van der Waals surface area contributed by atoms with Gasteiger partial charge in [0.25, 0.3) is 0 Å². The Kier molecular flexibility index (Phi) is 3.28. The number of benzene rings is 2. The van der Waals surface area contributed by atoms with Crippen molar-refractivity contribution in [2.45, 2.75) is 0 Å². The molecule has 0 radical (unpaired) electrons. The van der Waals surface area contributed by atoms with E-state index in [1.807, 2.05) is 48.5 Å². The molecule has 3 aromatic rings. The molecule has 0 amide bonds. The van der Waals surface area contributed by atoms with Gasteiger partial charge in [0.1, 0.15) is 5.76 Å². The van der Waals surface area contributed by atoms with Crippen LogP contribution in [-0.4, -0.2) is 0 Å². The van der Waals surface area contributed by atoms with E-state index in [4.69, 9.17) is 4.42 Å². The largest absolute Gasteiger partial charge is 0.464 e. The monoisotopic (exact) mass is 246 g/mol. The fraction of sp³-hybridized carbons (Fsp3) is 0. The molecular weight excluding hydrogens is 232 g/mol. The van der Waals surface area contributed by atoms with Crippen molar-refractivity contribution in [3.63, 3.8) is 0 Å². The zero-order valence-electron chi connectivity index (χ0n) is 10.5. The van der Waals surface area contributed by atoms with E-state index in [0.29, 0.717) is 0 Å². The molecule has 1 aromatic heterocycles. The molecule has 0 atom stereocenters. The standard InChI is InChI=1S/C18H14O/c1-3-8-15(9-4-1)14-17(18-12-7-13-19-18)16-10-5-2-6-11-16/h1-14H/b17-14-. The highest BCUT2D eigenvalue weighted by Crippen LogP contribution is 2.26. The van der Waals surface area contributed by atoms with E-state index in [1.165, 1.54) is 0 Å². The van der Waals surface area contributed by atoms with Gasteiger partial charge < -0.3 is 4.42 Å². The zero-order valence-corrected chi connectivity index (χ0v) is 10.5. The van der Waals surface area contributed by atoms with E-state index < -0.39 is 0 Å². The Morgan fingerprint density at radius 2 is 1.42 bits per heavy atom. The lowest BCUT2D eigenvalue weighted by atomic mass is 10.0. The lowest BCUT2D eigenvalue weighted by Crippen LogP contribution is -1.85. The first-order chi connectivity index (χ1) is 9.43. The smallest absolute Gasteiger partial charge is 0.134 e. The summed E-state index contributed by atoms with van der Waals surface area (Å²) in [5.74, 6) is 0.884. The average Bonchev–Trinajstić information content (AvgIpc) is 3.01. The predicted octanol–water partition coefficient (Wildman–Crippen LogP) is 4.87. The first kappa shape index (κ1) is 11.5. The van der Waals surface area contributed by atoms with Gasteiger partial charge in [0.2, 0.25) is 0 Å². The second kappa shape index (κ2) is 5.40. The zero-order chi connectivity index (χ0) is 12.9. The molecule has 0 saturated carbocycles. The molecule has 0 spiro atoms. The summed E-state index contributed by atoms with van der Waals surface area (Å²) in [7, 11) is 0. The van der Waals surface area contributed by atoms with Crippen LogP contribution in [0.1, 0.15) is 16.9 Å². The normalized spacial score (nSPS) is 11.5. The summed E-state index contributed by atoms with van der Waals surface area (Å²) >= 11 is 0. The van der Waals surface area contributed by atoms with Gasteiger partial charge in [0, 0.05) is 5.57 Å². The molecule has 0 aliphatic carbocycles. The molecule has 1 nitrogen and oxygen atoms in total. The Morgan fingerprint density at radius 3 is 2.05 bits per heavy atom. The molecule has 2 aromatic carbocycles. The van der Waals surface area contributed by atoms with Crippen LogP contribution < -0.4 is 0 Å². The summed E-state index contributed by atoms with van der Waals surface area (Å²) in [6.45, 7) is 0. The van der Waals surface area contributed by atoms with E-state index in [2.05, 4.69) is 30.3 Å². The van der Waals surface area contributed by atoms with Gasteiger partial charge in [-0.25, -0.2) is 0 Å². The van der Waals surface area contributed by atoms with Crippen molar-refractivity contribution in [2.24, 2.45) is 0 Å². The molecule has 0 N–H and O–H groups in total. The van der Waals surface area contributed by atoms with E-state index in [9.17, 15) is 0 Å². The fourth-order valence-corrected chi connectivity index (χ4v) is 2.06. The minimum absolute atomic E-state index is 0.884. The van der Waals surface area contributed by atoms with Crippen LogP contribution in [0.2, 0.25) is 0 Å². The summed E-state index contributed by atoms with van der Waals surface area (Å²) in [5, 5.41) is 0. The molecule has 92 valence electrons. The van der Waals surface area contributed by atoms with Crippen LogP contribution in [-0.2, 0) is 0 Å². The first-order valence-electron chi connectivity index (χ1n) is 6.29. The van der Waals surface area contributed by atoms with Gasteiger partial charge in [-0.05, 0) is 29.3 Å². The van der Waals surface area contributed by atoms with Crippen LogP contribution in [0.15, 0.2) is 83.5 Å². The molecular formula is C18H14O. The Bertz CT molecular complexity index is 649. The molecule has 0 fully saturated rings. The second-order valence-corrected chi connectivity index (χ2v) is 4.31. The third-order valence-electron chi connectivity index (χ3n) is 2.98. The summed E-state index contributed by atoms with van der Waals surface area (Å²) in [5.41, 5.74) is 3.41. The molecule has 3 rings (SSSR count). The molecule has 0 aliphatic heterocycles. The number of furan rings is 1. The molecule has 19 heavy (non-hydrogen) atoms. The molecule has 1 heteroatoms. The topological polar surface area (TPSA) is 13.1 Å².